The summed E-state index contributed by atoms with van der Waals surface area (Å²) in [5, 5.41) is 0.0654. The van der Waals surface area contributed by atoms with Crippen LogP contribution in [0.1, 0.15) is 32.6 Å². The Hall–Kier alpha value is -0.465. The molecule has 1 aliphatic carbocycles. The molecule has 1 saturated heterocycles. The van der Waals surface area contributed by atoms with E-state index in [0.717, 1.165) is 18.9 Å². The van der Waals surface area contributed by atoms with E-state index in [4.69, 9.17) is 7.85 Å². The number of hydrogen-bond donors (Lipinski definition) is 0. The largest absolute Gasteiger partial charge is 0.363 e. The van der Waals surface area contributed by atoms with Gasteiger partial charge in [-0.3, -0.25) is 4.99 Å². The molecule has 1 aliphatic heterocycles. The molecule has 82 valence electrons. The van der Waals surface area contributed by atoms with E-state index in [2.05, 4.69) is 23.9 Å². The van der Waals surface area contributed by atoms with Gasteiger partial charge in [-0.05, 0) is 18.8 Å². The van der Waals surface area contributed by atoms with Gasteiger partial charge in [0.15, 0.2) is 0 Å². The van der Waals surface area contributed by atoms with Gasteiger partial charge in [0, 0.05) is 26.6 Å². The molecular weight excluding hydrogens is 183 g/mol. The second-order valence-electron chi connectivity index (χ2n) is 5.56. The van der Waals surface area contributed by atoms with Crippen molar-refractivity contribution in [3.8, 4) is 0 Å². The molecule has 2 rings (SSSR count). The van der Waals surface area contributed by atoms with Crippen molar-refractivity contribution in [2.75, 3.05) is 20.6 Å². The first-order chi connectivity index (χ1) is 7.03. The summed E-state index contributed by atoms with van der Waals surface area (Å²) in [6.45, 7) is 3.34. The number of aliphatic imine (C=N–C) groups is 1. The third-order valence-corrected chi connectivity index (χ3v) is 4.11. The Morgan fingerprint density at radius 1 is 1.47 bits per heavy atom. The first kappa shape index (κ1) is 11.0. The molecule has 2 fully saturated rings. The van der Waals surface area contributed by atoms with E-state index in [0.29, 0.717) is 5.92 Å². The minimum Gasteiger partial charge on any atom is -0.363 e. The molecule has 2 nitrogen and oxygen atoms in total. The average molecular weight is 204 g/mol. The molecule has 0 amide bonds. The fourth-order valence-corrected chi connectivity index (χ4v) is 3.30. The minimum absolute atomic E-state index is 0.0654. The number of amidine groups is 1. The highest BCUT2D eigenvalue weighted by atomic mass is 15.2. The molecule has 3 heteroatoms. The molecule has 0 bridgehead atoms. The van der Waals surface area contributed by atoms with Crippen molar-refractivity contribution < 1.29 is 0 Å². The fourth-order valence-electron chi connectivity index (χ4n) is 3.30. The number of hydrogen-bond acceptors (Lipinski definition) is 1. The molecule has 0 aromatic heterocycles. The van der Waals surface area contributed by atoms with Crippen LogP contribution in [0.15, 0.2) is 4.99 Å². The maximum Gasteiger partial charge on any atom is 0.102 e. The Morgan fingerprint density at radius 2 is 2.20 bits per heavy atom. The van der Waals surface area contributed by atoms with Crippen molar-refractivity contribution in [2.24, 2.45) is 16.8 Å². The zero-order valence-electron chi connectivity index (χ0n) is 10.2. The SMILES string of the molecule is [B]C1(C)CC[C@@H]2C(=NC)N(C)CCC2C1. The van der Waals surface area contributed by atoms with E-state index in [1.165, 1.54) is 25.1 Å². The molecule has 0 aromatic rings. The van der Waals surface area contributed by atoms with Gasteiger partial charge in [-0.2, -0.15) is 0 Å². The maximum atomic E-state index is 6.25. The van der Waals surface area contributed by atoms with Crippen molar-refractivity contribution in [1.29, 1.82) is 0 Å². The summed E-state index contributed by atoms with van der Waals surface area (Å²) in [5.41, 5.74) is 0. The molecule has 1 heterocycles. The van der Waals surface area contributed by atoms with Crippen LogP contribution in [-0.2, 0) is 0 Å². The standard InChI is InChI=1S/C12H21BN2/c1-12(13)6-4-10-9(8-12)5-7-15(3)11(10)14-2/h9-10H,4-8H2,1-3H3/t9?,10-,12?/m0/s1. The highest BCUT2D eigenvalue weighted by Gasteiger charge is 2.40. The topological polar surface area (TPSA) is 15.6 Å². The summed E-state index contributed by atoms with van der Waals surface area (Å²) >= 11 is 0. The summed E-state index contributed by atoms with van der Waals surface area (Å²) in [5.74, 6) is 2.75. The summed E-state index contributed by atoms with van der Waals surface area (Å²) in [7, 11) is 10.3. The smallest absolute Gasteiger partial charge is 0.102 e. The van der Waals surface area contributed by atoms with Crippen LogP contribution in [0.4, 0.5) is 0 Å². The lowest BCUT2D eigenvalue weighted by Gasteiger charge is -2.47. The van der Waals surface area contributed by atoms with Gasteiger partial charge in [-0.1, -0.05) is 25.1 Å². The van der Waals surface area contributed by atoms with Crippen LogP contribution >= 0.6 is 0 Å². The molecule has 0 spiro atoms. The van der Waals surface area contributed by atoms with Gasteiger partial charge >= 0.3 is 0 Å². The van der Waals surface area contributed by atoms with E-state index in [1.807, 2.05) is 7.05 Å². The molecular formula is C12H21BN2. The second-order valence-corrected chi connectivity index (χ2v) is 5.56. The van der Waals surface area contributed by atoms with Crippen LogP contribution in [0, 0.1) is 11.8 Å². The monoisotopic (exact) mass is 204 g/mol. The summed E-state index contributed by atoms with van der Waals surface area (Å²) < 4.78 is 0. The van der Waals surface area contributed by atoms with E-state index < -0.39 is 0 Å². The zero-order chi connectivity index (χ0) is 11.1. The van der Waals surface area contributed by atoms with E-state index in [9.17, 15) is 0 Å². The van der Waals surface area contributed by atoms with Crippen molar-refractivity contribution in [3.63, 3.8) is 0 Å². The highest BCUT2D eigenvalue weighted by Crippen LogP contribution is 2.48. The number of likely N-dealkylation sites (tertiary alicyclic amines) is 1. The Bertz CT molecular complexity index is 273. The summed E-state index contributed by atoms with van der Waals surface area (Å²) in [4.78, 5) is 6.78. The molecule has 3 atom stereocenters. The van der Waals surface area contributed by atoms with Crippen molar-refractivity contribution in [2.45, 2.75) is 37.9 Å². The lowest BCUT2D eigenvalue weighted by molar-refractivity contribution is 0.186. The van der Waals surface area contributed by atoms with Crippen LogP contribution < -0.4 is 0 Å². The molecule has 2 aliphatic rings. The Kier molecular flexibility index (Phi) is 2.82. The van der Waals surface area contributed by atoms with Gasteiger partial charge in [-0.15, -0.1) is 0 Å². The molecule has 2 radical (unpaired) electrons. The molecule has 2 unspecified atom stereocenters. The van der Waals surface area contributed by atoms with E-state index in [1.54, 1.807) is 0 Å². The van der Waals surface area contributed by atoms with Gasteiger partial charge < -0.3 is 4.90 Å². The number of rotatable bonds is 0. The second kappa shape index (κ2) is 3.84. The molecule has 15 heavy (non-hydrogen) atoms. The molecule has 1 saturated carbocycles. The third-order valence-electron chi connectivity index (χ3n) is 4.11. The first-order valence-corrected chi connectivity index (χ1v) is 6.00. The van der Waals surface area contributed by atoms with Crippen molar-refractivity contribution in [3.05, 3.63) is 0 Å². The first-order valence-electron chi connectivity index (χ1n) is 6.00. The molecule has 0 aromatic carbocycles. The van der Waals surface area contributed by atoms with Gasteiger partial charge in [0.05, 0.1) is 7.85 Å². The average Bonchev–Trinajstić information content (AvgIpc) is 2.17. The van der Waals surface area contributed by atoms with Crippen LogP contribution in [0.3, 0.4) is 0 Å². The van der Waals surface area contributed by atoms with Crippen molar-refractivity contribution >= 4 is 13.7 Å². The normalized spacial score (nSPS) is 44.2. The number of nitrogens with zero attached hydrogens (tertiary/aromatic N) is 2. The number of piperidine rings is 1. The Balaban J connectivity index is 2.15. The Morgan fingerprint density at radius 3 is 2.87 bits per heavy atom. The predicted molar refractivity (Wildman–Crippen MR) is 65.6 cm³/mol. The van der Waals surface area contributed by atoms with Gasteiger partial charge in [0.1, 0.15) is 5.84 Å². The van der Waals surface area contributed by atoms with Crippen molar-refractivity contribution in [1.82, 2.24) is 4.90 Å². The lowest BCUT2D eigenvalue weighted by atomic mass is 9.55. The fraction of sp³-hybridized carbons (Fsp3) is 0.917. The van der Waals surface area contributed by atoms with Crippen LogP contribution in [0.2, 0.25) is 5.31 Å². The zero-order valence-corrected chi connectivity index (χ0v) is 10.2. The number of fused-ring (bicyclic) bond motifs is 1. The maximum absolute atomic E-state index is 6.25. The Labute approximate surface area is 94.5 Å². The van der Waals surface area contributed by atoms with Crippen LogP contribution in [0.25, 0.3) is 0 Å². The van der Waals surface area contributed by atoms with E-state index >= 15 is 0 Å². The molecule has 0 N–H and O–H groups in total. The minimum atomic E-state index is 0.0654. The summed E-state index contributed by atoms with van der Waals surface area (Å²) in [6.07, 6.45) is 4.81. The van der Waals surface area contributed by atoms with E-state index in [-0.39, 0.29) is 5.31 Å². The van der Waals surface area contributed by atoms with Gasteiger partial charge in [0.2, 0.25) is 0 Å². The highest BCUT2D eigenvalue weighted by molar-refractivity contribution is 6.15. The quantitative estimate of drug-likeness (QED) is 0.552. The van der Waals surface area contributed by atoms with Gasteiger partial charge in [-0.25, -0.2) is 0 Å². The lowest BCUT2D eigenvalue weighted by Crippen LogP contribution is -2.46. The third kappa shape index (κ3) is 2.06. The van der Waals surface area contributed by atoms with Crippen LogP contribution in [0.5, 0.6) is 0 Å². The van der Waals surface area contributed by atoms with Gasteiger partial charge in [0.25, 0.3) is 0 Å². The summed E-state index contributed by atoms with van der Waals surface area (Å²) in [6, 6.07) is 0. The predicted octanol–water partition coefficient (Wildman–Crippen LogP) is 2.11. The van der Waals surface area contributed by atoms with Crippen LogP contribution in [-0.4, -0.2) is 39.2 Å².